The van der Waals surface area contributed by atoms with Crippen molar-refractivity contribution in [3.05, 3.63) is 30.3 Å². The number of nitriles is 1. The summed E-state index contributed by atoms with van der Waals surface area (Å²) in [5, 5.41) is 8.34. The smallest absolute Gasteiger partial charge is 0.410 e. The van der Waals surface area contributed by atoms with Gasteiger partial charge in [-0.05, 0) is 12.1 Å². The van der Waals surface area contributed by atoms with Crippen LogP contribution in [-0.4, -0.2) is 23.9 Å². The predicted octanol–water partition coefficient (Wildman–Crippen LogP) is 1.56. The predicted molar refractivity (Wildman–Crippen MR) is 55.5 cm³/mol. The molecule has 1 aromatic rings. The number of amides is 2. The third-order valence-electron chi connectivity index (χ3n) is 1.77. The van der Waals surface area contributed by atoms with Crippen LogP contribution in [0, 0.1) is 11.3 Å². The molecular weight excluding hydrogens is 208 g/mol. The molecule has 0 radical (unpaired) electrons. The highest BCUT2D eigenvalue weighted by atomic mass is 16.6. The van der Waals surface area contributed by atoms with Gasteiger partial charge >= 0.3 is 6.09 Å². The zero-order valence-electron chi connectivity index (χ0n) is 8.50. The molecule has 2 amide bonds. The van der Waals surface area contributed by atoms with Gasteiger partial charge in [0.15, 0.2) is 0 Å². The molecule has 1 aromatic carbocycles. The maximum absolute atomic E-state index is 11.4. The number of para-hydroxylation sites is 1. The molecular formula is C11H10N2O3. The van der Waals surface area contributed by atoms with Gasteiger partial charge in [0.05, 0.1) is 12.5 Å². The Bertz CT molecular complexity index is 397. The van der Waals surface area contributed by atoms with Crippen LogP contribution in [-0.2, 0) is 4.79 Å². The molecule has 16 heavy (non-hydrogen) atoms. The summed E-state index contributed by atoms with van der Waals surface area (Å²) in [7, 11) is 0. The lowest BCUT2D eigenvalue weighted by atomic mass is 10.3. The quantitative estimate of drug-likeness (QED) is 0.719. The number of hydrogen-bond acceptors (Lipinski definition) is 4. The minimum absolute atomic E-state index is 0.0334. The summed E-state index contributed by atoms with van der Waals surface area (Å²) < 4.78 is 4.91. The molecule has 5 nitrogen and oxygen atoms in total. The Kier molecular flexibility index (Phi) is 4.54. The van der Waals surface area contributed by atoms with E-state index in [0.717, 1.165) is 4.90 Å². The molecule has 0 spiro atoms. The number of hydrogen-bond donors (Lipinski definition) is 0. The zero-order chi connectivity index (χ0) is 11.8. The number of ether oxygens (including phenoxy) is 1. The first-order valence-corrected chi connectivity index (χ1v) is 4.63. The van der Waals surface area contributed by atoms with E-state index in [1.807, 2.05) is 6.07 Å². The van der Waals surface area contributed by atoms with Crippen LogP contribution in [0.4, 0.5) is 4.79 Å². The van der Waals surface area contributed by atoms with Gasteiger partial charge in [0.2, 0.25) is 6.41 Å². The molecule has 0 aliphatic carbocycles. The van der Waals surface area contributed by atoms with Crippen LogP contribution in [0.25, 0.3) is 0 Å². The Hall–Kier alpha value is -2.35. The standard InChI is InChI=1S/C11H10N2O3/c12-7-4-8-13(9-14)11(15)16-10-5-2-1-3-6-10/h1-3,5-6,9H,4,8H2. The van der Waals surface area contributed by atoms with Gasteiger partial charge < -0.3 is 4.74 Å². The summed E-state index contributed by atoms with van der Waals surface area (Å²) in [6, 6.07) is 10.3. The Balaban J connectivity index is 2.57. The Morgan fingerprint density at radius 1 is 1.44 bits per heavy atom. The van der Waals surface area contributed by atoms with Crippen LogP contribution in [0.2, 0.25) is 0 Å². The molecule has 0 aromatic heterocycles. The summed E-state index contributed by atoms with van der Waals surface area (Å²) in [5.41, 5.74) is 0. The van der Waals surface area contributed by atoms with Gasteiger partial charge in [0, 0.05) is 6.54 Å². The maximum atomic E-state index is 11.4. The van der Waals surface area contributed by atoms with Crippen LogP contribution in [0.3, 0.4) is 0 Å². The van der Waals surface area contributed by atoms with Crippen molar-refractivity contribution in [2.75, 3.05) is 6.54 Å². The molecule has 82 valence electrons. The Morgan fingerprint density at radius 2 is 2.12 bits per heavy atom. The van der Waals surface area contributed by atoms with Gasteiger partial charge in [0.25, 0.3) is 0 Å². The average Bonchev–Trinajstić information content (AvgIpc) is 2.31. The highest BCUT2D eigenvalue weighted by molar-refractivity contribution is 5.81. The largest absolute Gasteiger partial charge is 0.421 e. The Morgan fingerprint density at radius 3 is 2.69 bits per heavy atom. The van der Waals surface area contributed by atoms with E-state index in [1.54, 1.807) is 30.3 Å². The van der Waals surface area contributed by atoms with E-state index < -0.39 is 6.09 Å². The molecule has 0 unspecified atom stereocenters. The van der Waals surface area contributed by atoms with Gasteiger partial charge in [-0.25, -0.2) is 9.69 Å². The molecule has 0 N–H and O–H groups in total. The van der Waals surface area contributed by atoms with E-state index in [0.29, 0.717) is 12.2 Å². The van der Waals surface area contributed by atoms with Crippen LogP contribution >= 0.6 is 0 Å². The first-order chi connectivity index (χ1) is 7.77. The molecule has 0 saturated carbocycles. The minimum atomic E-state index is -0.781. The van der Waals surface area contributed by atoms with E-state index in [4.69, 9.17) is 10.00 Å². The number of nitrogens with zero attached hydrogens (tertiary/aromatic N) is 2. The third kappa shape index (κ3) is 3.42. The fourth-order valence-electron chi connectivity index (χ4n) is 1.01. The number of rotatable bonds is 4. The third-order valence-corrected chi connectivity index (χ3v) is 1.77. The summed E-state index contributed by atoms with van der Waals surface area (Å²) in [5.74, 6) is 0.358. The maximum Gasteiger partial charge on any atom is 0.421 e. The van der Waals surface area contributed by atoms with Crippen LogP contribution in [0.5, 0.6) is 5.75 Å². The van der Waals surface area contributed by atoms with Crippen LogP contribution in [0.1, 0.15) is 6.42 Å². The van der Waals surface area contributed by atoms with Gasteiger partial charge in [-0.15, -0.1) is 0 Å². The number of benzene rings is 1. The molecule has 0 heterocycles. The molecule has 0 bridgehead atoms. The number of imide groups is 1. The summed E-state index contributed by atoms with van der Waals surface area (Å²) in [6.07, 6.45) is -0.345. The molecule has 0 aliphatic heterocycles. The lowest BCUT2D eigenvalue weighted by Gasteiger charge is -2.13. The minimum Gasteiger partial charge on any atom is -0.410 e. The number of carbonyl (C=O) groups is 2. The summed E-state index contributed by atoms with van der Waals surface area (Å²) in [4.78, 5) is 22.8. The van der Waals surface area contributed by atoms with Crippen molar-refractivity contribution in [1.29, 1.82) is 5.26 Å². The van der Waals surface area contributed by atoms with Crippen LogP contribution in [0.15, 0.2) is 30.3 Å². The molecule has 1 rings (SSSR count). The average molecular weight is 218 g/mol. The van der Waals surface area contributed by atoms with Crippen molar-refractivity contribution < 1.29 is 14.3 Å². The molecule has 0 aliphatic rings. The lowest BCUT2D eigenvalue weighted by Crippen LogP contribution is -2.33. The normalized spacial score (nSPS) is 8.94. The van der Waals surface area contributed by atoms with Crippen molar-refractivity contribution in [3.8, 4) is 11.8 Å². The highest BCUT2D eigenvalue weighted by Crippen LogP contribution is 2.09. The van der Waals surface area contributed by atoms with Crippen molar-refractivity contribution in [1.82, 2.24) is 4.90 Å². The fraction of sp³-hybridized carbons (Fsp3) is 0.182. The molecule has 5 heteroatoms. The van der Waals surface area contributed by atoms with E-state index in [-0.39, 0.29) is 13.0 Å². The van der Waals surface area contributed by atoms with Gasteiger partial charge in [-0.2, -0.15) is 5.26 Å². The summed E-state index contributed by atoms with van der Waals surface area (Å²) >= 11 is 0. The fourth-order valence-corrected chi connectivity index (χ4v) is 1.01. The first-order valence-electron chi connectivity index (χ1n) is 4.63. The molecule has 0 atom stereocenters. The second-order valence-electron chi connectivity index (χ2n) is 2.89. The SMILES string of the molecule is N#CCCN(C=O)C(=O)Oc1ccccc1. The lowest BCUT2D eigenvalue weighted by molar-refractivity contribution is -0.116. The van der Waals surface area contributed by atoms with Crippen molar-refractivity contribution >= 4 is 12.5 Å². The van der Waals surface area contributed by atoms with E-state index >= 15 is 0 Å². The first kappa shape index (κ1) is 11.7. The number of carbonyl (C=O) groups excluding carboxylic acids is 2. The topological polar surface area (TPSA) is 70.4 Å². The summed E-state index contributed by atoms with van der Waals surface area (Å²) in [6.45, 7) is 0.0334. The zero-order valence-corrected chi connectivity index (χ0v) is 8.50. The van der Waals surface area contributed by atoms with E-state index in [1.165, 1.54) is 0 Å². The van der Waals surface area contributed by atoms with Crippen molar-refractivity contribution in [2.45, 2.75) is 6.42 Å². The van der Waals surface area contributed by atoms with Crippen LogP contribution < -0.4 is 4.74 Å². The Labute approximate surface area is 92.8 Å². The second kappa shape index (κ2) is 6.19. The molecule has 0 fully saturated rings. The molecule has 0 saturated heterocycles. The monoisotopic (exact) mass is 218 g/mol. The van der Waals surface area contributed by atoms with Gasteiger partial charge in [0.1, 0.15) is 5.75 Å². The van der Waals surface area contributed by atoms with E-state index in [2.05, 4.69) is 0 Å². The second-order valence-corrected chi connectivity index (χ2v) is 2.89. The van der Waals surface area contributed by atoms with Gasteiger partial charge in [-0.3, -0.25) is 4.79 Å². The van der Waals surface area contributed by atoms with Crippen molar-refractivity contribution in [2.24, 2.45) is 0 Å². The highest BCUT2D eigenvalue weighted by Gasteiger charge is 2.14. The van der Waals surface area contributed by atoms with Gasteiger partial charge in [-0.1, -0.05) is 18.2 Å². The van der Waals surface area contributed by atoms with E-state index in [9.17, 15) is 9.59 Å². The van der Waals surface area contributed by atoms with Crippen molar-refractivity contribution in [3.63, 3.8) is 0 Å².